The summed E-state index contributed by atoms with van der Waals surface area (Å²) in [6.45, 7) is 1.32. The fourth-order valence-corrected chi connectivity index (χ4v) is 2.59. The average molecular weight is 309 g/mol. The first kappa shape index (κ1) is 16.4. The molecule has 1 aliphatic rings. The molecule has 0 aliphatic carbocycles. The van der Waals surface area contributed by atoms with Gasteiger partial charge in [-0.1, -0.05) is 12.1 Å². The van der Waals surface area contributed by atoms with Gasteiger partial charge in [0.15, 0.2) is 0 Å². The molecule has 2 N–H and O–H groups in total. The lowest BCUT2D eigenvalue weighted by Crippen LogP contribution is -2.32. The van der Waals surface area contributed by atoms with Gasteiger partial charge in [0.25, 0.3) is 0 Å². The molecule has 1 aliphatic heterocycles. The van der Waals surface area contributed by atoms with Crippen LogP contribution in [0.25, 0.3) is 0 Å². The third-order valence-electron chi connectivity index (χ3n) is 3.80. The van der Waals surface area contributed by atoms with Gasteiger partial charge in [0.2, 0.25) is 5.91 Å². The van der Waals surface area contributed by atoms with Crippen LogP contribution >= 0.6 is 0 Å². The number of benzene rings is 1. The van der Waals surface area contributed by atoms with E-state index in [0.29, 0.717) is 25.2 Å². The van der Waals surface area contributed by atoms with Crippen LogP contribution in [0.3, 0.4) is 0 Å². The van der Waals surface area contributed by atoms with Gasteiger partial charge in [-0.05, 0) is 36.5 Å². The molecule has 0 saturated carbocycles. The number of nitrogens with one attached hydrogen (secondary N) is 1. The van der Waals surface area contributed by atoms with E-state index in [1.54, 1.807) is 0 Å². The summed E-state index contributed by atoms with van der Waals surface area (Å²) in [5.41, 5.74) is 0.587. The van der Waals surface area contributed by atoms with Crippen LogP contribution in [-0.4, -0.2) is 30.2 Å². The van der Waals surface area contributed by atoms with E-state index >= 15 is 0 Å². The third-order valence-corrected chi connectivity index (χ3v) is 3.80. The Balaban J connectivity index is 1.97. The van der Waals surface area contributed by atoms with Crippen LogP contribution in [0, 0.1) is 11.7 Å². The van der Waals surface area contributed by atoms with Crippen molar-refractivity contribution in [1.82, 2.24) is 5.32 Å². The Morgan fingerprint density at radius 3 is 2.50 bits per heavy atom. The first-order valence-electron chi connectivity index (χ1n) is 7.39. The SMILES string of the molecule is O=C(O)CC(NC(=O)CC1CCOCC1)c1ccc(F)cc1. The smallest absolute Gasteiger partial charge is 0.305 e. The molecule has 6 heteroatoms. The van der Waals surface area contributed by atoms with Crippen molar-refractivity contribution in [2.45, 2.75) is 31.7 Å². The fourth-order valence-electron chi connectivity index (χ4n) is 2.59. The van der Waals surface area contributed by atoms with Crippen LogP contribution < -0.4 is 5.32 Å². The molecule has 1 saturated heterocycles. The van der Waals surface area contributed by atoms with E-state index in [0.717, 1.165) is 12.8 Å². The van der Waals surface area contributed by atoms with Crippen LogP contribution in [0.2, 0.25) is 0 Å². The third kappa shape index (κ3) is 5.11. The number of amides is 1. The number of aliphatic carboxylic acids is 1. The highest BCUT2D eigenvalue weighted by Crippen LogP contribution is 2.21. The summed E-state index contributed by atoms with van der Waals surface area (Å²) in [4.78, 5) is 23.1. The molecule has 1 aromatic rings. The molecule has 5 nitrogen and oxygen atoms in total. The van der Waals surface area contributed by atoms with E-state index < -0.39 is 17.8 Å². The van der Waals surface area contributed by atoms with E-state index in [2.05, 4.69) is 5.32 Å². The minimum absolute atomic E-state index is 0.178. The zero-order valence-electron chi connectivity index (χ0n) is 12.3. The number of carboxylic acids is 1. The summed E-state index contributed by atoms with van der Waals surface area (Å²) < 4.78 is 18.2. The average Bonchev–Trinajstić information content (AvgIpc) is 2.48. The fraction of sp³-hybridized carbons (Fsp3) is 0.500. The zero-order valence-corrected chi connectivity index (χ0v) is 12.3. The quantitative estimate of drug-likeness (QED) is 0.845. The van der Waals surface area contributed by atoms with Gasteiger partial charge < -0.3 is 15.2 Å². The van der Waals surface area contributed by atoms with Gasteiger partial charge in [-0.25, -0.2) is 4.39 Å². The normalized spacial score (nSPS) is 17.0. The number of carbonyl (C=O) groups excluding carboxylic acids is 1. The van der Waals surface area contributed by atoms with Crippen molar-refractivity contribution < 1.29 is 23.8 Å². The first-order chi connectivity index (χ1) is 10.5. The van der Waals surface area contributed by atoms with E-state index in [9.17, 15) is 14.0 Å². The van der Waals surface area contributed by atoms with Gasteiger partial charge in [-0.2, -0.15) is 0 Å². The molecule has 1 amide bonds. The molecule has 2 rings (SSSR count). The summed E-state index contributed by atoms with van der Waals surface area (Å²) in [6.07, 6.45) is 1.81. The molecule has 0 bridgehead atoms. The van der Waals surface area contributed by atoms with Gasteiger partial charge >= 0.3 is 5.97 Å². The van der Waals surface area contributed by atoms with Crippen LogP contribution in [0.1, 0.15) is 37.3 Å². The standard InChI is InChI=1S/C16H20FNO4/c17-13-3-1-12(2-4-13)14(10-16(20)21)18-15(19)9-11-5-7-22-8-6-11/h1-4,11,14H,5-10H2,(H,18,19)(H,20,21). The topological polar surface area (TPSA) is 75.6 Å². The summed E-state index contributed by atoms with van der Waals surface area (Å²) in [5, 5.41) is 11.7. The second kappa shape index (κ2) is 7.89. The Morgan fingerprint density at radius 1 is 1.27 bits per heavy atom. The number of carbonyl (C=O) groups is 2. The second-order valence-corrected chi connectivity index (χ2v) is 5.53. The summed E-state index contributed by atoms with van der Waals surface area (Å²) in [7, 11) is 0. The molecule has 1 aromatic carbocycles. The molecular formula is C16H20FNO4. The molecule has 1 fully saturated rings. The van der Waals surface area contributed by atoms with E-state index in [1.807, 2.05) is 0 Å². The van der Waals surface area contributed by atoms with E-state index in [4.69, 9.17) is 9.84 Å². The number of hydrogen-bond donors (Lipinski definition) is 2. The number of hydrogen-bond acceptors (Lipinski definition) is 3. The molecule has 1 unspecified atom stereocenters. The highest BCUT2D eigenvalue weighted by molar-refractivity contribution is 5.78. The summed E-state index contributed by atoms with van der Waals surface area (Å²) in [6, 6.07) is 4.87. The molecular weight excluding hydrogens is 289 g/mol. The maximum atomic E-state index is 13.0. The number of carboxylic acid groups (broad SMARTS) is 1. The minimum atomic E-state index is -1.01. The second-order valence-electron chi connectivity index (χ2n) is 5.53. The Hall–Kier alpha value is -1.95. The van der Waals surface area contributed by atoms with Crippen LogP contribution in [-0.2, 0) is 14.3 Å². The van der Waals surface area contributed by atoms with Gasteiger partial charge in [0.1, 0.15) is 5.82 Å². The molecule has 22 heavy (non-hydrogen) atoms. The Labute approximate surface area is 128 Å². The Morgan fingerprint density at radius 2 is 1.91 bits per heavy atom. The monoisotopic (exact) mass is 309 g/mol. The van der Waals surface area contributed by atoms with Crippen molar-refractivity contribution in [3.8, 4) is 0 Å². The Kier molecular flexibility index (Phi) is 5.89. The zero-order chi connectivity index (χ0) is 15.9. The van der Waals surface area contributed by atoms with E-state index in [-0.39, 0.29) is 18.2 Å². The number of rotatable bonds is 6. The Bertz CT molecular complexity index is 511. The van der Waals surface area contributed by atoms with Crippen LogP contribution in [0.5, 0.6) is 0 Å². The number of ether oxygens (including phenoxy) is 1. The molecule has 1 atom stereocenters. The molecule has 0 radical (unpaired) electrons. The van der Waals surface area contributed by atoms with Crippen molar-refractivity contribution in [3.63, 3.8) is 0 Å². The minimum Gasteiger partial charge on any atom is -0.481 e. The molecule has 0 spiro atoms. The van der Waals surface area contributed by atoms with Gasteiger partial charge in [0, 0.05) is 19.6 Å². The number of halogens is 1. The molecule has 1 heterocycles. The van der Waals surface area contributed by atoms with Crippen molar-refractivity contribution in [3.05, 3.63) is 35.6 Å². The lowest BCUT2D eigenvalue weighted by molar-refractivity contribution is -0.137. The highest BCUT2D eigenvalue weighted by Gasteiger charge is 2.22. The van der Waals surface area contributed by atoms with Crippen molar-refractivity contribution in [1.29, 1.82) is 0 Å². The van der Waals surface area contributed by atoms with Crippen LogP contribution in [0.4, 0.5) is 4.39 Å². The highest BCUT2D eigenvalue weighted by atomic mass is 19.1. The maximum Gasteiger partial charge on any atom is 0.305 e. The van der Waals surface area contributed by atoms with Crippen molar-refractivity contribution in [2.75, 3.05) is 13.2 Å². The maximum absolute atomic E-state index is 13.0. The lowest BCUT2D eigenvalue weighted by Gasteiger charge is -2.23. The van der Waals surface area contributed by atoms with Crippen molar-refractivity contribution >= 4 is 11.9 Å². The van der Waals surface area contributed by atoms with Crippen molar-refractivity contribution in [2.24, 2.45) is 5.92 Å². The van der Waals surface area contributed by atoms with Crippen LogP contribution in [0.15, 0.2) is 24.3 Å². The predicted octanol–water partition coefficient (Wildman–Crippen LogP) is 2.27. The van der Waals surface area contributed by atoms with E-state index in [1.165, 1.54) is 24.3 Å². The molecule has 120 valence electrons. The van der Waals surface area contributed by atoms with Gasteiger partial charge in [0.05, 0.1) is 12.5 Å². The predicted molar refractivity (Wildman–Crippen MR) is 77.7 cm³/mol. The largest absolute Gasteiger partial charge is 0.481 e. The summed E-state index contributed by atoms with van der Waals surface area (Å²) >= 11 is 0. The molecule has 0 aromatic heterocycles. The van der Waals surface area contributed by atoms with Gasteiger partial charge in [-0.15, -0.1) is 0 Å². The lowest BCUT2D eigenvalue weighted by atomic mass is 9.95. The summed E-state index contributed by atoms with van der Waals surface area (Å²) in [5.74, 6) is -1.32. The first-order valence-corrected chi connectivity index (χ1v) is 7.39. The van der Waals surface area contributed by atoms with Gasteiger partial charge in [-0.3, -0.25) is 9.59 Å².